The molecule has 2 heteroatoms. The Hall–Kier alpha value is -0.0800. The molecule has 0 amide bonds. The highest BCUT2D eigenvalue weighted by atomic mass is 14.9. The minimum Gasteiger partial charge on any atom is -0.334 e. The molecule has 0 aliphatic carbocycles. The van der Waals surface area contributed by atoms with Crippen LogP contribution in [0.4, 0.5) is 0 Å². The van der Waals surface area contributed by atoms with Gasteiger partial charge in [0.05, 0.1) is 6.54 Å². The van der Waals surface area contributed by atoms with Crippen LogP contribution in [-0.4, -0.2) is 19.6 Å². The Labute approximate surface area is 57.0 Å². The third-order valence-corrected chi connectivity index (χ3v) is 1.83. The second-order valence-electron chi connectivity index (χ2n) is 2.67. The quantitative estimate of drug-likeness (QED) is 0.463. The number of piperidine rings is 1. The topological polar surface area (TPSA) is 27.6 Å². The second kappa shape index (κ2) is 3.85. The fourth-order valence-corrected chi connectivity index (χ4v) is 1.30. The molecular formula is C7H15N2. The van der Waals surface area contributed by atoms with Crippen LogP contribution in [0.15, 0.2) is 0 Å². The Balaban J connectivity index is 2.08. The zero-order chi connectivity index (χ0) is 6.53. The van der Waals surface area contributed by atoms with Gasteiger partial charge in [0.25, 0.3) is 0 Å². The average molecular weight is 127 g/mol. The summed E-state index contributed by atoms with van der Waals surface area (Å²) in [6.07, 6.45) is 2.68. The molecular weight excluding hydrogens is 112 g/mol. The van der Waals surface area contributed by atoms with Gasteiger partial charge in [0.15, 0.2) is 0 Å². The van der Waals surface area contributed by atoms with Crippen molar-refractivity contribution in [3.8, 4) is 0 Å². The predicted octanol–water partition coefficient (Wildman–Crippen LogP) is -0.873. The molecule has 0 bridgehead atoms. The molecule has 1 aliphatic heterocycles. The summed E-state index contributed by atoms with van der Waals surface area (Å²) in [7, 11) is 3.60. The summed E-state index contributed by atoms with van der Waals surface area (Å²) < 4.78 is 0. The van der Waals surface area contributed by atoms with E-state index in [1.54, 1.807) is 0 Å². The molecule has 0 saturated carbocycles. The molecule has 0 aromatic carbocycles. The Morgan fingerprint density at radius 3 is 3.11 bits per heavy atom. The van der Waals surface area contributed by atoms with Gasteiger partial charge in [-0.2, -0.15) is 0 Å². The van der Waals surface area contributed by atoms with Gasteiger partial charge in [0.2, 0.25) is 0 Å². The smallest absolute Gasteiger partial charge is 0.0966 e. The van der Waals surface area contributed by atoms with Crippen LogP contribution in [-0.2, 0) is 0 Å². The van der Waals surface area contributed by atoms with E-state index in [0.29, 0.717) is 0 Å². The molecule has 1 radical (unpaired) electrons. The molecule has 1 heterocycles. The van der Waals surface area contributed by atoms with Gasteiger partial charge >= 0.3 is 0 Å². The third kappa shape index (κ3) is 2.33. The first-order valence-corrected chi connectivity index (χ1v) is 3.64. The van der Waals surface area contributed by atoms with Crippen molar-refractivity contribution >= 4 is 0 Å². The fraction of sp³-hybridized carbons (Fsp3) is 0.857. The van der Waals surface area contributed by atoms with Crippen LogP contribution >= 0.6 is 0 Å². The molecule has 0 spiro atoms. The Bertz CT molecular complexity index is 64.6. The minimum absolute atomic E-state index is 0.816. The van der Waals surface area contributed by atoms with Crippen LogP contribution < -0.4 is 10.6 Å². The molecule has 0 unspecified atom stereocenters. The zero-order valence-corrected chi connectivity index (χ0v) is 5.82. The normalized spacial score (nSPS) is 28.3. The SMILES string of the molecule is [CH2-][NH+]C[C@@H]1CCCNC1. The molecule has 2 nitrogen and oxygen atoms in total. The van der Waals surface area contributed by atoms with Crippen molar-refractivity contribution in [2.45, 2.75) is 12.8 Å². The maximum absolute atomic E-state index is 3.60. The first-order valence-electron chi connectivity index (χ1n) is 3.64. The van der Waals surface area contributed by atoms with Crippen LogP contribution in [0.25, 0.3) is 0 Å². The highest BCUT2D eigenvalue weighted by Gasteiger charge is 2.12. The van der Waals surface area contributed by atoms with E-state index in [-0.39, 0.29) is 0 Å². The van der Waals surface area contributed by atoms with Crippen LogP contribution in [0.3, 0.4) is 0 Å². The van der Waals surface area contributed by atoms with E-state index in [0.717, 1.165) is 12.5 Å². The lowest BCUT2D eigenvalue weighted by atomic mass is 10.00. The van der Waals surface area contributed by atoms with E-state index in [9.17, 15) is 0 Å². The number of rotatable bonds is 2. The molecule has 0 aromatic rings. The average Bonchev–Trinajstić information content (AvgIpc) is 1.91. The number of nitrogens with one attached hydrogen (secondary N) is 2. The number of hydrogen-bond acceptors (Lipinski definition) is 2. The zero-order valence-electron chi connectivity index (χ0n) is 5.82. The minimum atomic E-state index is 0.816. The summed E-state index contributed by atoms with van der Waals surface area (Å²) in [5, 5.41) is 6.30. The van der Waals surface area contributed by atoms with E-state index in [1.807, 2.05) is 0 Å². The molecule has 0 aromatic heterocycles. The van der Waals surface area contributed by atoms with Crippen molar-refractivity contribution in [2.75, 3.05) is 19.6 Å². The van der Waals surface area contributed by atoms with Crippen LogP contribution in [0.5, 0.6) is 0 Å². The number of hydrogen-bond donors (Lipinski definition) is 2. The van der Waals surface area contributed by atoms with E-state index in [2.05, 4.69) is 17.7 Å². The van der Waals surface area contributed by atoms with Gasteiger partial charge in [-0.15, -0.1) is 7.05 Å². The summed E-state index contributed by atoms with van der Waals surface area (Å²) in [5.41, 5.74) is 0. The van der Waals surface area contributed by atoms with Gasteiger partial charge in [-0.05, 0) is 19.4 Å². The van der Waals surface area contributed by atoms with Crippen molar-refractivity contribution in [1.29, 1.82) is 0 Å². The van der Waals surface area contributed by atoms with Gasteiger partial charge in [-0.1, -0.05) is 0 Å². The molecule has 1 atom stereocenters. The van der Waals surface area contributed by atoms with Crippen molar-refractivity contribution in [3.63, 3.8) is 0 Å². The van der Waals surface area contributed by atoms with Crippen LogP contribution in [0.2, 0.25) is 0 Å². The second-order valence-corrected chi connectivity index (χ2v) is 2.67. The highest BCUT2D eigenvalue weighted by molar-refractivity contribution is 4.66. The van der Waals surface area contributed by atoms with Gasteiger partial charge in [0.1, 0.15) is 0 Å². The maximum atomic E-state index is 3.60. The first-order chi connectivity index (χ1) is 4.43. The lowest BCUT2D eigenvalue weighted by Gasteiger charge is -2.20. The van der Waals surface area contributed by atoms with Crippen molar-refractivity contribution in [1.82, 2.24) is 5.32 Å². The van der Waals surface area contributed by atoms with Gasteiger partial charge in [-0.25, -0.2) is 0 Å². The van der Waals surface area contributed by atoms with Crippen molar-refractivity contribution in [2.24, 2.45) is 5.92 Å². The van der Waals surface area contributed by atoms with E-state index in [4.69, 9.17) is 0 Å². The van der Waals surface area contributed by atoms with Gasteiger partial charge < -0.3 is 10.6 Å². The lowest BCUT2D eigenvalue weighted by Crippen LogP contribution is -2.79. The third-order valence-electron chi connectivity index (χ3n) is 1.83. The summed E-state index contributed by atoms with van der Waals surface area (Å²) in [5.74, 6) is 0.816. The molecule has 1 aliphatic rings. The van der Waals surface area contributed by atoms with Crippen LogP contribution in [0.1, 0.15) is 12.8 Å². The van der Waals surface area contributed by atoms with Crippen molar-refractivity contribution < 1.29 is 5.32 Å². The molecule has 9 heavy (non-hydrogen) atoms. The molecule has 1 saturated heterocycles. The van der Waals surface area contributed by atoms with Crippen LogP contribution in [0, 0.1) is 13.0 Å². The van der Waals surface area contributed by atoms with Crippen molar-refractivity contribution in [3.05, 3.63) is 7.05 Å². The van der Waals surface area contributed by atoms with E-state index >= 15 is 0 Å². The summed E-state index contributed by atoms with van der Waals surface area (Å²) in [6, 6.07) is 0. The summed E-state index contributed by atoms with van der Waals surface area (Å²) in [6.45, 7) is 3.43. The lowest BCUT2D eigenvalue weighted by molar-refractivity contribution is -0.602. The van der Waals surface area contributed by atoms with E-state index in [1.165, 1.54) is 25.9 Å². The Kier molecular flexibility index (Phi) is 3.01. The summed E-state index contributed by atoms with van der Waals surface area (Å²) >= 11 is 0. The maximum Gasteiger partial charge on any atom is 0.0966 e. The van der Waals surface area contributed by atoms with E-state index < -0.39 is 0 Å². The predicted molar refractivity (Wildman–Crippen MR) is 36.8 cm³/mol. The van der Waals surface area contributed by atoms with Gasteiger partial charge in [0, 0.05) is 12.5 Å². The molecule has 2 N–H and O–H groups in total. The monoisotopic (exact) mass is 127 g/mol. The van der Waals surface area contributed by atoms with Gasteiger partial charge in [-0.3, -0.25) is 0 Å². The fourth-order valence-electron chi connectivity index (χ4n) is 1.30. The standard InChI is InChI=1S/C7H15N2/c1-8-5-7-3-2-4-9-6-7/h7-9H,1-6H2/t7-/m0/s1. The largest absolute Gasteiger partial charge is 0.334 e. The Morgan fingerprint density at radius 2 is 2.56 bits per heavy atom. The first kappa shape index (κ1) is 7.03. The highest BCUT2D eigenvalue weighted by Crippen LogP contribution is 2.06. The summed E-state index contributed by atoms with van der Waals surface area (Å²) in [4.78, 5) is 0. The molecule has 1 fully saturated rings. The Morgan fingerprint density at radius 1 is 1.67 bits per heavy atom. The molecule has 1 rings (SSSR count). The molecule has 53 valence electrons.